The van der Waals surface area contributed by atoms with Crippen LogP contribution in [0.3, 0.4) is 0 Å². The number of unbranched alkanes of at least 4 members (excludes halogenated alkanes) is 2. The predicted molar refractivity (Wildman–Crippen MR) is 69.7 cm³/mol. The summed E-state index contributed by atoms with van der Waals surface area (Å²) in [7, 11) is 0. The van der Waals surface area contributed by atoms with Crippen LogP contribution in [0, 0.1) is 3.57 Å². The topological polar surface area (TPSA) is 42.0 Å². The molecule has 4 heteroatoms. The summed E-state index contributed by atoms with van der Waals surface area (Å²) in [4.78, 5) is 15.5. The van der Waals surface area contributed by atoms with E-state index in [0.29, 0.717) is 12.2 Å². The van der Waals surface area contributed by atoms with Crippen molar-refractivity contribution in [2.75, 3.05) is 5.32 Å². The van der Waals surface area contributed by atoms with Crippen LogP contribution in [0.2, 0.25) is 0 Å². The van der Waals surface area contributed by atoms with Crippen LogP contribution in [0.4, 0.5) is 5.82 Å². The van der Waals surface area contributed by atoms with Crippen LogP contribution in [-0.4, -0.2) is 10.9 Å². The van der Waals surface area contributed by atoms with Crippen LogP contribution < -0.4 is 5.32 Å². The van der Waals surface area contributed by atoms with Crippen LogP contribution in [0.1, 0.15) is 32.6 Å². The lowest BCUT2D eigenvalue weighted by molar-refractivity contribution is -0.116. The molecule has 3 nitrogen and oxygen atoms in total. The van der Waals surface area contributed by atoms with Gasteiger partial charge in [0.25, 0.3) is 0 Å². The van der Waals surface area contributed by atoms with Crippen molar-refractivity contribution in [3.63, 3.8) is 0 Å². The lowest BCUT2D eigenvalue weighted by Crippen LogP contribution is -2.12. The zero-order chi connectivity index (χ0) is 11.1. The Morgan fingerprint density at radius 1 is 1.47 bits per heavy atom. The molecule has 0 spiro atoms. The zero-order valence-electron chi connectivity index (χ0n) is 8.79. The summed E-state index contributed by atoms with van der Waals surface area (Å²) in [6.45, 7) is 2.12. The van der Waals surface area contributed by atoms with Gasteiger partial charge in [0.1, 0.15) is 5.82 Å². The maximum absolute atomic E-state index is 11.4. The molecule has 0 saturated carbocycles. The molecule has 0 fully saturated rings. The van der Waals surface area contributed by atoms with Crippen LogP contribution in [-0.2, 0) is 4.79 Å². The zero-order valence-corrected chi connectivity index (χ0v) is 11.0. The molecule has 0 aliphatic carbocycles. The van der Waals surface area contributed by atoms with Crippen LogP contribution >= 0.6 is 22.6 Å². The Morgan fingerprint density at radius 3 is 2.87 bits per heavy atom. The second-order valence-electron chi connectivity index (χ2n) is 3.37. The van der Waals surface area contributed by atoms with Crippen molar-refractivity contribution in [3.8, 4) is 0 Å². The summed E-state index contributed by atoms with van der Waals surface area (Å²) in [6.07, 6.45) is 5.51. The van der Waals surface area contributed by atoms with E-state index in [1.807, 2.05) is 12.1 Å². The smallest absolute Gasteiger partial charge is 0.225 e. The van der Waals surface area contributed by atoms with E-state index in [1.54, 1.807) is 6.20 Å². The van der Waals surface area contributed by atoms with Gasteiger partial charge < -0.3 is 5.32 Å². The highest BCUT2D eigenvalue weighted by Crippen LogP contribution is 2.08. The third-order valence-electron chi connectivity index (χ3n) is 2.00. The SMILES string of the molecule is CCCCCC(=O)Nc1ccc(I)cn1. The predicted octanol–water partition coefficient (Wildman–Crippen LogP) is 3.21. The molecule has 1 amide bonds. The Morgan fingerprint density at radius 2 is 2.27 bits per heavy atom. The molecule has 0 atom stereocenters. The number of nitrogens with zero attached hydrogens (tertiary/aromatic N) is 1. The molecule has 0 bridgehead atoms. The first-order chi connectivity index (χ1) is 7.22. The lowest BCUT2D eigenvalue weighted by Gasteiger charge is -2.03. The number of rotatable bonds is 5. The molecular weight excluding hydrogens is 303 g/mol. The Bertz CT molecular complexity index is 311. The largest absolute Gasteiger partial charge is 0.311 e. The number of amides is 1. The average molecular weight is 318 g/mol. The molecule has 1 aromatic heterocycles. The second kappa shape index (κ2) is 6.76. The molecule has 82 valence electrons. The summed E-state index contributed by atoms with van der Waals surface area (Å²) >= 11 is 2.18. The average Bonchev–Trinajstić information content (AvgIpc) is 2.22. The fourth-order valence-electron chi connectivity index (χ4n) is 1.19. The van der Waals surface area contributed by atoms with Crippen molar-refractivity contribution >= 4 is 34.3 Å². The number of hydrogen-bond donors (Lipinski definition) is 1. The first-order valence-corrected chi connectivity index (χ1v) is 6.21. The first-order valence-electron chi connectivity index (χ1n) is 5.13. The number of nitrogens with one attached hydrogen (secondary N) is 1. The van der Waals surface area contributed by atoms with Crippen molar-refractivity contribution in [1.29, 1.82) is 0 Å². The number of aromatic nitrogens is 1. The van der Waals surface area contributed by atoms with Crippen LogP contribution in [0.25, 0.3) is 0 Å². The van der Waals surface area contributed by atoms with Crippen molar-refractivity contribution in [2.24, 2.45) is 0 Å². The molecular formula is C11H15IN2O. The molecule has 0 aliphatic rings. The minimum atomic E-state index is 0.0529. The molecule has 1 rings (SSSR count). The molecule has 0 unspecified atom stereocenters. The minimum Gasteiger partial charge on any atom is -0.311 e. The highest BCUT2D eigenvalue weighted by Gasteiger charge is 2.02. The molecule has 0 radical (unpaired) electrons. The van der Waals surface area contributed by atoms with E-state index in [2.05, 4.69) is 39.8 Å². The first kappa shape index (κ1) is 12.4. The third-order valence-corrected chi connectivity index (χ3v) is 2.64. The molecule has 0 saturated heterocycles. The van der Waals surface area contributed by atoms with Crippen molar-refractivity contribution in [3.05, 3.63) is 21.9 Å². The Labute approximate surface area is 104 Å². The summed E-state index contributed by atoms with van der Waals surface area (Å²) in [6, 6.07) is 3.74. The van der Waals surface area contributed by atoms with Gasteiger partial charge in [0.05, 0.1) is 0 Å². The molecule has 15 heavy (non-hydrogen) atoms. The maximum Gasteiger partial charge on any atom is 0.225 e. The molecule has 1 aromatic rings. The Kier molecular flexibility index (Phi) is 5.60. The molecule has 1 N–H and O–H groups in total. The van der Waals surface area contributed by atoms with E-state index in [9.17, 15) is 4.79 Å². The minimum absolute atomic E-state index is 0.0529. The summed E-state index contributed by atoms with van der Waals surface area (Å²) < 4.78 is 1.07. The lowest BCUT2D eigenvalue weighted by atomic mass is 10.2. The maximum atomic E-state index is 11.4. The van der Waals surface area contributed by atoms with E-state index < -0.39 is 0 Å². The summed E-state index contributed by atoms with van der Waals surface area (Å²) in [5.41, 5.74) is 0. The molecule has 0 aromatic carbocycles. The van der Waals surface area contributed by atoms with Crippen LogP contribution in [0.15, 0.2) is 18.3 Å². The van der Waals surface area contributed by atoms with Crippen molar-refractivity contribution in [1.82, 2.24) is 4.98 Å². The number of halogens is 1. The summed E-state index contributed by atoms with van der Waals surface area (Å²) in [5, 5.41) is 2.77. The number of carbonyl (C=O) groups is 1. The van der Waals surface area contributed by atoms with E-state index >= 15 is 0 Å². The van der Waals surface area contributed by atoms with E-state index in [1.165, 1.54) is 0 Å². The number of carbonyl (C=O) groups excluding carboxylic acids is 1. The molecule has 0 aliphatic heterocycles. The van der Waals surface area contributed by atoms with Gasteiger partial charge in [0.2, 0.25) is 5.91 Å². The van der Waals surface area contributed by atoms with Gasteiger partial charge in [0.15, 0.2) is 0 Å². The van der Waals surface area contributed by atoms with Gasteiger partial charge in [-0.3, -0.25) is 4.79 Å². The normalized spacial score (nSPS) is 10.0. The quantitative estimate of drug-likeness (QED) is 0.669. The van der Waals surface area contributed by atoms with Gasteiger partial charge in [-0.15, -0.1) is 0 Å². The van der Waals surface area contributed by atoms with Gasteiger partial charge in [-0.25, -0.2) is 4.98 Å². The van der Waals surface area contributed by atoms with Crippen molar-refractivity contribution < 1.29 is 4.79 Å². The van der Waals surface area contributed by atoms with Gasteiger partial charge in [0, 0.05) is 16.2 Å². The standard InChI is InChI=1S/C11H15IN2O/c1-2-3-4-5-11(15)14-10-7-6-9(12)8-13-10/h6-8H,2-5H2,1H3,(H,13,14,15). The summed E-state index contributed by atoms with van der Waals surface area (Å²) in [5.74, 6) is 0.689. The van der Waals surface area contributed by atoms with E-state index in [-0.39, 0.29) is 5.91 Å². The fraction of sp³-hybridized carbons (Fsp3) is 0.455. The monoisotopic (exact) mass is 318 g/mol. The number of pyridine rings is 1. The molecule has 1 heterocycles. The number of anilines is 1. The van der Waals surface area contributed by atoms with E-state index in [0.717, 1.165) is 22.8 Å². The van der Waals surface area contributed by atoms with Gasteiger partial charge in [-0.1, -0.05) is 19.8 Å². The van der Waals surface area contributed by atoms with Crippen molar-refractivity contribution in [2.45, 2.75) is 32.6 Å². The van der Waals surface area contributed by atoms with Gasteiger partial charge in [-0.2, -0.15) is 0 Å². The Hall–Kier alpha value is -0.650. The Balaban J connectivity index is 2.34. The van der Waals surface area contributed by atoms with Crippen LogP contribution in [0.5, 0.6) is 0 Å². The second-order valence-corrected chi connectivity index (χ2v) is 4.61. The fourth-order valence-corrected chi connectivity index (χ4v) is 1.51. The third kappa shape index (κ3) is 5.11. The van der Waals surface area contributed by atoms with E-state index in [4.69, 9.17) is 0 Å². The van der Waals surface area contributed by atoms with Gasteiger partial charge >= 0.3 is 0 Å². The van der Waals surface area contributed by atoms with Gasteiger partial charge in [-0.05, 0) is 41.1 Å². The number of hydrogen-bond acceptors (Lipinski definition) is 2. The highest BCUT2D eigenvalue weighted by molar-refractivity contribution is 14.1. The highest BCUT2D eigenvalue weighted by atomic mass is 127.